The van der Waals surface area contributed by atoms with Crippen LogP contribution in [-0.4, -0.2) is 33.7 Å². The molecule has 1 N–H and O–H groups in total. The summed E-state index contributed by atoms with van der Waals surface area (Å²) in [5, 5.41) is 7.23. The lowest BCUT2D eigenvalue weighted by Crippen LogP contribution is -2.49. The number of carbonyl (C=O) groups is 1. The highest BCUT2D eigenvalue weighted by Crippen LogP contribution is 2.26. The Hall–Kier alpha value is -2.47. The van der Waals surface area contributed by atoms with Gasteiger partial charge in [-0.15, -0.1) is 6.58 Å². The van der Waals surface area contributed by atoms with E-state index in [0.29, 0.717) is 31.7 Å². The summed E-state index contributed by atoms with van der Waals surface area (Å²) in [4.78, 5) is 14.5. The van der Waals surface area contributed by atoms with Gasteiger partial charge in [0.2, 0.25) is 5.91 Å². The second-order valence-corrected chi connectivity index (χ2v) is 5.95. The fourth-order valence-corrected chi connectivity index (χ4v) is 3.09. The van der Waals surface area contributed by atoms with Crippen LogP contribution >= 0.6 is 0 Å². The van der Waals surface area contributed by atoms with Crippen molar-refractivity contribution in [3.63, 3.8) is 0 Å². The second-order valence-electron chi connectivity index (χ2n) is 5.95. The molecule has 2 aromatic rings. The molecule has 2 heterocycles. The van der Waals surface area contributed by atoms with Crippen molar-refractivity contribution in [1.82, 2.24) is 20.0 Å². The van der Waals surface area contributed by atoms with E-state index in [4.69, 9.17) is 0 Å². The van der Waals surface area contributed by atoms with E-state index in [1.54, 1.807) is 18.2 Å². The number of rotatable bonds is 5. The molecule has 3 rings (SSSR count). The maximum absolute atomic E-state index is 13.6. The van der Waals surface area contributed by atoms with Gasteiger partial charge in [0, 0.05) is 30.9 Å². The summed E-state index contributed by atoms with van der Waals surface area (Å²) in [5.74, 6) is -0.427. The number of benzene rings is 1. The Morgan fingerprint density at radius 2 is 2.33 bits per heavy atom. The van der Waals surface area contributed by atoms with E-state index in [0.717, 1.165) is 11.3 Å². The van der Waals surface area contributed by atoms with E-state index in [1.165, 1.54) is 12.1 Å². The highest BCUT2D eigenvalue weighted by atomic mass is 19.1. The molecule has 0 saturated carbocycles. The smallest absolute Gasteiger partial charge is 0.242 e. The summed E-state index contributed by atoms with van der Waals surface area (Å²) >= 11 is 0. The van der Waals surface area contributed by atoms with E-state index in [1.807, 2.05) is 17.8 Å². The van der Waals surface area contributed by atoms with Crippen molar-refractivity contribution < 1.29 is 9.18 Å². The van der Waals surface area contributed by atoms with Crippen molar-refractivity contribution >= 4 is 5.91 Å². The van der Waals surface area contributed by atoms with Gasteiger partial charge in [-0.25, -0.2) is 4.39 Å². The lowest BCUT2D eigenvalue weighted by molar-refractivity contribution is -0.129. The van der Waals surface area contributed by atoms with Gasteiger partial charge in [-0.3, -0.25) is 14.4 Å². The molecule has 1 aliphatic rings. The van der Waals surface area contributed by atoms with Crippen LogP contribution in [0.1, 0.15) is 22.9 Å². The average Bonchev–Trinajstić information content (AvgIpc) is 2.89. The molecule has 6 heteroatoms. The van der Waals surface area contributed by atoms with Crippen LogP contribution < -0.4 is 5.32 Å². The van der Waals surface area contributed by atoms with Crippen LogP contribution in [0.3, 0.4) is 0 Å². The number of nitrogens with zero attached hydrogens (tertiary/aromatic N) is 3. The van der Waals surface area contributed by atoms with Crippen LogP contribution in [0.4, 0.5) is 4.39 Å². The highest BCUT2D eigenvalue weighted by molar-refractivity contribution is 5.83. The second kappa shape index (κ2) is 6.97. The molecule has 1 aromatic carbocycles. The predicted molar refractivity (Wildman–Crippen MR) is 89.7 cm³/mol. The number of nitrogens with one attached hydrogen (secondary N) is 1. The third-order valence-corrected chi connectivity index (χ3v) is 4.36. The van der Waals surface area contributed by atoms with Gasteiger partial charge in [0.05, 0.1) is 12.7 Å². The van der Waals surface area contributed by atoms with E-state index < -0.39 is 6.04 Å². The van der Waals surface area contributed by atoms with Crippen molar-refractivity contribution in [2.75, 3.05) is 13.1 Å². The van der Waals surface area contributed by atoms with Gasteiger partial charge < -0.3 is 5.32 Å². The monoisotopic (exact) mass is 328 g/mol. The Labute approximate surface area is 140 Å². The van der Waals surface area contributed by atoms with Gasteiger partial charge in [-0.1, -0.05) is 18.2 Å². The minimum Gasteiger partial charge on any atom is -0.353 e. The minimum absolute atomic E-state index is 0.0945. The third-order valence-electron chi connectivity index (χ3n) is 4.36. The first-order chi connectivity index (χ1) is 11.6. The maximum Gasteiger partial charge on any atom is 0.242 e. The average molecular weight is 328 g/mol. The number of carbonyl (C=O) groups excluding carboxylic acids is 1. The number of aromatic nitrogens is 2. The molecule has 1 saturated heterocycles. The zero-order valence-electron chi connectivity index (χ0n) is 13.7. The number of hydrogen-bond donors (Lipinski definition) is 1. The van der Waals surface area contributed by atoms with Gasteiger partial charge in [-0.2, -0.15) is 5.10 Å². The number of allylic oxidation sites excluding steroid dienone is 1. The lowest BCUT2D eigenvalue weighted by atomic mass is 10.0. The summed E-state index contributed by atoms with van der Waals surface area (Å²) in [7, 11) is 0. The van der Waals surface area contributed by atoms with E-state index in [-0.39, 0.29) is 11.7 Å². The quantitative estimate of drug-likeness (QED) is 0.856. The fraction of sp³-hybridized carbons (Fsp3) is 0.333. The van der Waals surface area contributed by atoms with Crippen LogP contribution in [0.2, 0.25) is 0 Å². The van der Waals surface area contributed by atoms with Gasteiger partial charge in [0.1, 0.15) is 11.9 Å². The fourth-order valence-electron chi connectivity index (χ4n) is 3.09. The molecule has 0 spiro atoms. The molecule has 24 heavy (non-hydrogen) atoms. The summed E-state index contributed by atoms with van der Waals surface area (Å²) in [6.07, 6.45) is 3.63. The first kappa shape index (κ1) is 16.4. The third kappa shape index (κ3) is 3.23. The van der Waals surface area contributed by atoms with Gasteiger partial charge in [0.25, 0.3) is 0 Å². The van der Waals surface area contributed by atoms with E-state index >= 15 is 0 Å². The Morgan fingerprint density at radius 3 is 3.08 bits per heavy atom. The van der Waals surface area contributed by atoms with Gasteiger partial charge in [-0.05, 0) is 24.6 Å². The van der Waals surface area contributed by atoms with Crippen molar-refractivity contribution in [3.8, 4) is 0 Å². The zero-order chi connectivity index (χ0) is 17.1. The van der Waals surface area contributed by atoms with Crippen LogP contribution in [0.25, 0.3) is 0 Å². The SMILES string of the molecule is C=CCn1ncc(CN2CCNC(=O)[C@@H]2c2cccc(F)c2)c1C. The van der Waals surface area contributed by atoms with Crippen LogP contribution in [0.15, 0.2) is 43.1 Å². The molecule has 0 bridgehead atoms. The first-order valence-corrected chi connectivity index (χ1v) is 7.99. The number of hydrogen-bond acceptors (Lipinski definition) is 3. The largest absolute Gasteiger partial charge is 0.353 e. The van der Waals surface area contributed by atoms with Gasteiger partial charge in [0.15, 0.2) is 0 Å². The Kier molecular flexibility index (Phi) is 4.76. The van der Waals surface area contributed by atoms with E-state index in [9.17, 15) is 9.18 Å². The molecule has 1 aliphatic heterocycles. The molecule has 0 unspecified atom stereocenters. The van der Waals surface area contributed by atoms with Crippen LogP contribution in [-0.2, 0) is 17.9 Å². The molecule has 0 aliphatic carbocycles. The van der Waals surface area contributed by atoms with E-state index in [2.05, 4.69) is 21.9 Å². The molecule has 5 nitrogen and oxygen atoms in total. The molecular weight excluding hydrogens is 307 g/mol. The van der Waals surface area contributed by atoms with Crippen LogP contribution in [0.5, 0.6) is 0 Å². The van der Waals surface area contributed by atoms with Gasteiger partial charge >= 0.3 is 0 Å². The van der Waals surface area contributed by atoms with Crippen molar-refractivity contribution in [1.29, 1.82) is 0 Å². The standard InChI is InChI=1S/C18H21FN4O/c1-3-8-23-13(2)15(11-21-23)12-22-9-7-20-18(24)17(22)14-5-4-6-16(19)10-14/h3-6,10-11,17H,1,7-9,12H2,2H3,(H,20,24)/t17-/m0/s1. The number of amides is 1. The predicted octanol–water partition coefficient (Wildman–Crippen LogP) is 2.19. The Bertz CT molecular complexity index is 755. The molecule has 1 fully saturated rings. The van der Waals surface area contributed by atoms with Crippen LogP contribution in [0, 0.1) is 12.7 Å². The molecular formula is C18H21FN4O. The lowest BCUT2D eigenvalue weighted by Gasteiger charge is -2.35. The molecule has 1 amide bonds. The summed E-state index contributed by atoms with van der Waals surface area (Å²) in [6, 6.07) is 5.75. The summed E-state index contributed by atoms with van der Waals surface area (Å²) in [5.41, 5.74) is 2.79. The summed E-state index contributed by atoms with van der Waals surface area (Å²) < 4.78 is 15.5. The number of halogens is 1. The highest BCUT2D eigenvalue weighted by Gasteiger charge is 2.31. The zero-order valence-corrected chi connectivity index (χ0v) is 13.7. The van der Waals surface area contributed by atoms with Crippen molar-refractivity contribution in [2.45, 2.75) is 26.1 Å². The minimum atomic E-state index is -0.489. The Morgan fingerprint density at radius 1 is 1.50 bits per heavy atom. The normalized spacial score (nSPS) is 18.4. The number of piperazine rings is 1. The molecule has 126 valence electrons. The van der Waals surface area contributed by atoms with Crippen molar-refractivity contribution in [3.05, 3.63) is 65.8 Å². The maximum atomic E-state index is 13.6. The Balaban J connectivity index is 1.87. The molecule has 1 aromatic heterocycles. The summed E-state index contributed by atoms with van der Waals surface area (Å²) in [6.45, 7) is 8.28. The molecule has 0 radical (unpaired) electrons. The topological polar surface area (TPSA) is 50.2 Å². The molecule has 1 atom stereocenters. The van der Waals surface area contributed by atoms with Crippen molar-refractivity contribution in [2.24, 2.45) is 0 Å². The first-order valence-electron chi connectivity index (χ1n) is 7.99.